The maximum atomic E-state index is 13.3. The van der Waals surface area contributed by atoms with E-state index in [9.17, 15) is 4.79 Å². The van der Waals surface area contributed by atoms with E-state index in [0.717, 1.165) is 50.4 Å². The van der Waals surface area contributed by atoms with Gasteiger partial charge in [-0.15, -0.1) is 0 Å². The maximum absolute atomic E-state index is 13.3. The predicted octanol–water partition coefficient (Wildman–Crippen LogP) is 5.42. The standard InChI is InChI=1S/C29H25N3O2S/c1-18-14-19(2)16-21(15-18)34-13-12-31-20(3)23(22-8-4-6-10-25(22)31)17-27-28(33)32-26-11-7-5-9-24(26)30-29(32)35-27/h4-11,14-17H,12-13H2,1-3H3/b27-17-. The lowest BCUT2D eigenvalue weighted by atomic mass is 10.1. The highest BCUT2D eigenvalue weighted by molar-refractivity contribution is 7.15. The molecule has 0 atom stereocenters. The van der Waals surface area contributed by atoms with Crippen LogP contribution in [0, 0.1) is 20.8 Å². The van der Waals surface area contributed by atoms with E-state index >= 15 is 0 Å². The van der Waals surface area contributed by atoms with Crippen molar-refractivity contribution in [1.82, 2.24) is 14.0 Å². The summed E-state index contributed by atoms with van der Waals surface area (Å²) in [4.78, 5) is 18.7. The second kappa shape index (κ2) is 8.40. The van der Waals surface area contributed by atoms with E-state index in [1.54, 1.807) is 4.40 Å². The number of fused-ring (bicyclic) bond motifs is 4. The first kappa shape index (κ1) is 21.6. The Labute approximate surface area is 206 Å². The minimum absolute atomic E-state index is 0.0203. The molecule has 0 aliphatic rings. The Morgan fingerprint density at radius 1 is 0.943 bits per heavy atom. The smallest absolute Gasteiger partial charge is 0.274 e. The first-order valence-corrected chi connectivity index (χ1v) is 12.5. The third kappa shape index (κ3) is 3.70. The zero-order chi connectivity index (χ0) is 24.1. The second-order valence-corrected chi connectivity index (χ2v) is 9.98. The van der Waals surface area contributed by atoms with Crippen molar-refractivity contribution in [3.8, 4) is 5.75 Å². The number of hydrogen-bond acceptors (Lipinski definition) is 4. The molecule has 0 aliphatic carbocycles. The number of aryl methyl sites for hydroxylation is 2. The van der Waals surface area contributed by atoms with Gasteiger partial charge in [-0.05, 0) is 68.3 Å². The Balaban J connectivity index is 1.40. The van der Waals surface area contributed by atoms with Gasteiger partial charge >= 0.3 is 0 Å². The average molecular weight is 480 g/mol. The van der Waals surface area contributed by atoms with Gasteiger partial charge in [-0.1, -0.05) is 47.7 Å². The Morgan fingerprint density at radius 2 is 1.66 bits per heavy atom. The predicted molar refractivity (Wildman–Crippen MR) is 144 cm³/mol. The summed E-state index contributed by atoms with van der Waals surface area (Å²) in [7, 11) is 0. The zero-order valence-electron chi connectivity index (χ0n) is 19.9. The van der Waals surface area contributed by atoms with Crippen LogP contribution in [0.15, 0.2) is 71.5 Å². The van der Waals surface area contributed by atoms with E-state index < -0.39 is 0 Å². The normalized spacial score (nSPS) is 12.4. The SMILES string of the molecule is Cc1cc(C)cc(OCCn2c(C)c(/C=c3\sc4nc5ccccc5n4c3=O)c3ccccc32)c1. The number of benzene rings is 3. The maximum Gasteiger partial charge on any atom is 0.274 e. The van der Waals surface area contributed by atoms with Gasteiger partial charge in [0, 0.05) is 22.2 Å². The number of ether oxygens (including phenoxy) is 1. The van der Waals surface area contributed by atoms with Crippen molar-refractivity contribution < 1.29 is 4.74 Å². The molecule has 6 rings (SSSR count). The summed E-state index contributed by atoms with van der Waals surface area (Å²) in [6.07, 6.45) is 2.02. The van der Waals surface area contributed by atoms with Gasteiger partial charge in [0.2, 0.25) is 0 Å². The molecule has 0 amide bonds. The van der Waals surface area contributed by atoms with Gasteiger partial charge in [0.05, 0.1) is 22.1 Å². The molecule has 174 valence electrons. The average Bonchev–Trinajstić information content (AvgIpc) is 3.43. The number of hydrogen-bond donors (Lipinski definition) is 0. The summed E-state index contributed by atoms with van der Waals surface area (Å²) in [5.41, 5.74) is 7.40. The summed E-state index contributed by atoms with van der Waals surface area (Å²) in [6.45, 7) is 7.56. The Morgan fingerprint density at radius 3 is 2.46 bits per heavy atom. The minimum atomic E-state index is -0.0203. The van der Waals surface area contributed by atoms with Crippen LogP contribution in [0.4, 0.5) is 0 Å². The number of thiazole rings is 1. The highest BCUT2D eigenvalue weighted by Gasteiger charge is 2.15. The van der Waals surface area contributed by atoms with Crippen LogP contribution in [0.5, 0.6) is 5.75 Å². The Hall–Kier alpha value is -3.90. The lowest BCUT2D eigenvalue weighted by Gasteiger charge is -2.11. The summed E-state index contributed by atoms with van der Waals surface area (Å²) in [6, 6.07) is 22.4. The lowest BCUT2D eigenvalue weighted by Crippen LogP contribution is -2.22. The van der Waals surface area contributed by atoms with Gasteiger partial charge in [-0.3, -0.25) is 4.79 Å². The highest BCUT2D eigenvalue weighted by atomic mass is 32.1. The monoisotopic (exact) mass is 479 g/mol. The molecule has 6 aromatic rings. The third-order valence-electron chi connectivity index (χ3n) is 6.48. The fourth-order valence-electron chi connectivity index (χ4n) is 4.94. The van der Waals surface area contributed by atoms with Gasteiger partial charge in [-0.25, -0.2) is 9.38 Å². The lowest BCUT2D eigenvalue weighted by molar-refractivity contribution is 0.299. The van der Waals surface area contributed by atoms with Crippen LogP contribution in [-0.4, -0.2) is 20.6 Å². The summed E-state index contributed by atoms with van der Waals surface area (Å²) >= 11 is 1.44. The topological polar surface area (TPSA) is 48.5 Å². The number of aromatic nitrogens is 3. The Kier molecular flexibility index (Phi) is 5.19. The van der Waals surface area contributed by atoms with Gasteiger partial charge in [-0.2, -0.15) is 0 Å². The van der Waals surface area contributed by atoms with Crippen molar-refractivity contribution in [2.75, 3.05) is 6.61 Å². The van der Waals surface area contributed by atoms with Crippen molar-refractivity contribution in [2.24, 2.45) is 0 Å². The fourth-order valence-corrected chi connectivity index (χ4v) is 5.91. The molecule has 3 heterocycles. The van der Waals surface area contributed by atoms with Gasteiger partial charge in [0.15, 0.2) is 4.96 Å². The molecule has 0 aliphatic heterocycles. The van der Waals surface area contributed by atoms with Crippen LogP contribution in [0.2, 0.25) is 0 Å². The van der Waals surface area contributed by atoms with Crippen molar-refractivity contribution in [2.45, 2.75) is 27.3 Å². The number of nitrogens with zero attached hydrogens (tertiary/aromatic N) is 3. The van der Waals surface area contributed by atoms with E-state index in [-0.39, 0.29) is 5.56 Å². The largest absolute Gasteiger partial charge is 0.492 e. The molecule has 0 spiro atoms. The number of para-hydroxylation sites is 3. The molecular formula is C29H25N3O2S. The van der Waals surface area contributed by atoms with Crippen molar-refractivity contribution in [3.05, 3.63) is 104 Å². The molecule has 6 heteroatoms. The fraction of sp³-hybridized carbons (Fsp3) is 0.172. The van der Waals surface area contributed by atoms with Crippen LogP contribution in [0.1, 0.15) is 22.4 Å². The quantitative estimate of drug-likeness (QED) is 0.332. The molecule has 0 bridgehead atoms. The molecule has 5 nitrogen and oxygen atoms in total. The van der Waals surface area contributed by atoms with Crippen LogP contribution in [0.25, 0.3) is 33.0 Å². The summed E-state index contributed by atoms with van der Waals surface area (Å²) < 4.78 is 10.8. The van der Waals surface area contributed by atoms with Crippen molar-refractivity contribution in [1.29, 1.82) is 0 Å². The zero-order valence-corrected chi connectivity index (χ0v) is 20.7. The van der Waals surface area contributed by atoms with E-state index in [0.29, 0.717) is 11.1 Å². The molecular weight excluding hydrogens is 454 g/mol. The molecule has 0 saturated carbocycles. The molecule has 3 aromatic carbocycles. The minimum Gasteiger partial charge on any atom is -0.492 e. The van der Waals surface area contributed by atoms with Crippen LogP contribution in [-0.2, 0) is 6.54 Å². The van der Waals surface area contributed by atoms with Gasteiger partial charge in [0.25, 0.3) is 5.56 Å². The third-order valence-corrected chi connectivity index (χ3v) is 7.45. The van der Waals surface area contributed by atoms with E-state index in [4.69, 9.17) is 4.74 Å². The highest BCUT2D eigenvalue weighted by Crippen LogP contribution is 2.27. The van der Waals surface area contributed by atoms with Crippen LogP contribution < -0.4 is 14.8 Å². The molecule has 0 fully saturated rings. The molecule has 0 radical (unpaired) electrons. The molecule has 3 aromatic heterocycles. The van der Waals surface area contributed by atoms with Crippen LogP contribution >= 0.6 is 11.3 Å². The Bertz CT molecular complexity index is 1820. The van der Waals surface area contributed by atoms with Gasteiger partial charge in [0.1, 0.15) is 12.4 Å². The number of rotatable bonds is 5. The molecule has 0 N–H and O–H groups in total. The summed E-state index contributed by atoms with van der Waals surface area (Å²) in [5, 5.41) is 1.13. The molecule has 35 heavy (non-hydrogen) atoms. The number of imidazole rings is 1. The van der Waals surface area contributed by atoms with Crippen molar-refractivity contribution in [3.63, 3.8) is 0 Å². The van der Waals surface area contributed by atoms with E-state index in [2.05, 4.69) is 66.7 Å². The van der Waals surface area contributed by atoms with Crippen molar-refractivity contribution >= 4 is 44.3 Å². The van der Waals surface area contributed by atoms with E-state index in [1.165, 1.54) is 22.5 Å². The second-order valence-electron chi connectivity index (χ2n) is 8.97. The molecule has 0 unspecified atom stereocenters. The first-order chi connectivity index (χ1) is 17.0. The van der Waals surface area contributed by atoms with E-state index in [1.807, 2.05) is 36.4 Å². The first-order valence-electron chi connectivity index (χ1n) is 11.7. The molecule has 0 saturated heterocycles. The van der Waals surface area contributed by atoms with Crippen LogP contribution in [0.3, 0.4) is 0 Å². The summed E-state index contributed by atoms with van der Waals surface area (Å²) in [5.74, 6) is 0.897. The van der Waals surface area contributed by atoms with Gasteiger partial charge < -0.3 is 9.30 Å².